The summed E-state index contributed by atoms with van der Waals surface area (Å²) in [5, 5.41) is 13.0. The first-order valence-corrected chi connectivity index (χ1v) is 5.84. The summed E-state index contributed by atoms with van der Waals surface area (Å²) in [7, 11) is 0. The van der Waals surface area contributed by atoms with Gasteiger partial charge < -0.3 is 5.11 Å². The molecule has 0 amide bonds. The summed E-state index contributed by atoms with van der Waals surface area (Å²) < 4.78 is 1.80. The first kappa shape index (κ1) is 11.4. The molecule has 1 N–H and O–H groups in total. The molecule has 0 spiro atoms. The van der Waals surface area contributed by atoms with Crippen LogP contribution in [0.25, 0.3) is 16.9 Å². The Morgan fingerprint density at radius 2 is 2.11 bits per heavy atom. The molecule has 0 atom stereocenters. The predicted octanol–water partition coefficient (Wildman–Crippen LogP) is 2.02. The smallest absolute Gasteiger partial charge is 0.307 e. The fourth-order valence-corrected chi connectivity index (χ4v) is 2.00. The van der Waals surface area contributed by atoms with E-state index in [2.05, 4.69) is 10.1 Å². The number of pyridine rings is 2. The summed E-state index contributed by atoms with van der Waals surface area (Å²) in [6, 6.07) is 11.4. The van der Waals surface area contributed by atoms with Crippen LogP contribution in [-0.2, 0) is 11.2 Å². The van der Waals surface area contributed by atoms with Gasteiger partial charge >= 0.3 is 5.97 Å². The number of hydrogen-bond acceptors (Lipinski definition) is 3. The highest BCUT2D eigenvalue weighted by molar-refractivity contribution is 5.70. The lowest BCUT2D eigenvalue weighted by Gasteiger charge is -2.05. The van der Waals surface area contributed by atoms with Gasteiger partial charge in [-0.15, -0.1) is 0 Å². The first-order valence-electron chi connectivity index (χ1n) is 5.84. The van der Waals surface area contributed by atoms with Crippen molar-refractivity contribution in [2.24, 2.45) is 0 Å². The van der Waals surface area contributed by atoms with Crippen molar-refractivity contribution in [3.63, 3.8) is 0 Å². The Balaban J connectivity index is 2.02. The number of aromatic nitrogens is 3. The molecule has 0 unspecified atom stereocenters. The minimum Gasteiger partial charge on any atom is -0.481 e. The van der Waals surface area contributed by atoms with Gasteiger partial charge in [0.1, 0.15) is 0 Å². The highest BCUT2D eigenvalue weighted by atomic mass is 16.4. The summed E-state index contributed by atoms with van der Waals surface area (Å²) >= 11 is 0. The van der Waals surface area contributed by atoms with Gasteiger partial charge in [-0.2, -0.15) is 5.10 Å². The van der Waals surface area contributed by atoms with Gasteiger partial charge in [0, 0.05) is 6.20 Å². The number of aliphatic carboxylic acids is 1. The van der Waals surface area contributed by atoms with Gasteiger partial charge in [0.05, 0.1) is 29.5 Å². The van der Waals surface area contributed by atoms with Crippen LogP contribution in [0.2, 0.25) is 0 Å². The third kappa shape index (κ3) is 2.18. The van der Waals surface area contributed by atoms with Crippen molar-refractivity contribution in [1.82, 2.24) is 14.6 Å². The predicted molar refractivity (Wildman–Crippen MR) is 69.8 cm³/mol. The molecule has 3 rings (SSSR count). The topological polar surface area (TPSA) is 67.5 Å². The van der Waals surface area contributed by atoms with E-state index in [9.17, 15) is 4.79 Å². The fraction of sp³-hybridized carbons (Fsp3) is 0.0714. The summed E-state index contributed by atoms with van der Waals surface area (Å²) in [6.07, 6.45) is 3.31. The lowest BCUT2D eigenvalue weighted by atomic mass is 10.1. The summed E-state index contributed by atoms with van der Waals surface area (Å²) in [6.45, 7) is 0. The van der Waals surface area contributed by atoms with Crippen molar-refractivity contribution in [3.05, 3.63) is 54.4 Å². The van der Waals surface area contributed by atoms with Crippen LogP contribution in [0, 0.1) is 0 Å². The number of carbonyl (C=O) groups is 1. The SMILES string of the molecule is O=C(O)Cc1ccc(-c2cccc3ccnn23)nc1. The minimum absolute atomic E-state index is 0.0146. The third-order valence-electron chi connectivity index (χ3n) is 2.86. The Labute approximate surface area is 109 Å². The largest absolute Gasteiger partial charge is 0.481 e. The van der Waals surface area contributed by atoms with Gasteiger partial charge in [-0.25, -0.2) is 4.52 Å². The number of fused-ring (bicyclic) bond motifs is 1. The molecule has 0 aliphatic heterocycles. The van der Waals surface area contributed by atoms with E-state index in [0.29, 0.717) is 5.56 Å². The molecule has 0 saturated heterocycles. The van der Waals surface area contributed by atoms with Crippen molar-refractivity contribution in [2.75, 3.05) is 0 Å². The molecule has 3 aromatic rings. The van der Waals surface area contributed by atoms with Crippen molar-refractivity contribution in [1.29, 1.82) is 0 Å². The Morgan fingerprint density at radius 1 is 1.21 bits per heavy atom. The monoisotopic (exact) mass is 253 g/mol. The van der Waals surface area contributed by atoms with Crippen LogP contribution < -0.4 is 0 Å². The molecule has 0 aliphatic carbocycles. The van der Waals surface area contributed by atoms with Crippen LogP contribution in [-0.4, -0.2) is 25.7 Å². The first-order chi connectivity index (χ1) is 9.24. The molecule has 0 aromatic carbocycles. The van der Waals surface area contributed by atoms with Gasteiger partial charge in [0.15, 0.2) is 0 Å². The van der Waals surface area contributed by atoms with Crippen molar-refractivity contribution in [3.8, 4) is 11.4 Å². The van der Waals surface area contributed by atoms with Crippen LogP contribution in [0.4, 0.5) is 0 Å². The van der Waals surface area contributed by atoms with Gasteiger partial charge in [-0.3, -0.25) is 9.78 Å². The molecule has 0 bridgehead atoms. The summed E-state index contributed by atoms with van der Waals surface area (Å²) in [5.41, 5.74) is 3.32. The Kier molecular flexibility index (Phi) is 2.72. The molecule has 94 valence electrons. The quantitative estimate of drug-likeness (QED) is 0.775. The maximum absolute atomic E-state index is 10.6. The van der Waals surface area contributed by atoms with E-state index in [4.69, 9.17) is 5.11 Å². The lowest BCUT2D eigenvalue weighted by molar-refractivity contribution is -0.136. The Morgan fingerprint density at radius 3 is 2.84 bits per heavy atom. The van der Waals surface area contributed by atoms with E-state index in [-0.39, 0.29) is 6.42 Å². The molecule has 19 heavy (non-hydrogen) atoms. The average molecular weight is 253 g/mol. The highest BCUT2D eigenvalue weighted by Crippen LogP contribution is 2.18. The Bertz CT molecular complexity index is 732. The molecule has 0 aliphatic rings. The number of carboxylic acids is 1. The fourth-order valence-electron chi connectivity index (χ4n) is 2.00. The minimum atomic E-state index is -0.858. The standard InChI is InChI=1S/C14H11N3O2/c18-14(19)8-10-4-5-12(15-9-10)13-3-1-2-11-6-7-16-17(11)13/h1-7,9H,8H2,(H,18,19). The van der Waals surface area contributed by atoms with E-state index >= 15 is 0 Å². The van der Waals surface area contributed by atoms with Gasteiger partial charge in [-0.1, -0.05) is 12.1 Å². The third-order valence-corrected chi connectivity index (χ3v) is 2.86. The van der Waals surface area contributed by atoms with Crippen LogP contribution in [0.3, 0.4) is 0 Å². The molecular formula is C14H11N3O2. The normalized spacial score (nSPS) is 10.7. The summed E-state index contributed by atoms with van der Waals surface area (Å²) in [5.74, 6) is -0.858. The van der Waals surface area contributed by atoms with Crippen LogP contribution in [0.5, 0.6) is 0 Å². The van der Waals surface area contributed by atoms with Crippen LogP contribution >= 0.6 is 0 Å². The number of carboxylic acid groups (broad SMARTS) is 1. The van der Waals surface area contributed by atoms with Gasteiger partial charge in [0.25, 0.3) is 0 Å². The molecule has 0 fully saturated rings. The number of rotatable bonds is 3. The number of hydrogen-bond donors (Lipinski definition) is 1. The summed E-state index contributed by atoms with van der Waals surface area (Å²) in [4.78, 5) is 14.9. The van der Waals surface area contributed by atoms with Gasteiger partial charge in [0.2, 0.25) is 0 Å². The zero-order chi connectivity index (χ0) is 13.2. The molecular weight excluding hydrogens is 242 g/mol. The van der Waals surface area contributed by atoms with Gasteiger partial charge in [-0.05, 0) is 29.8 Å². The van der Waals surface area contributed by atoms with E-state index in [1.54, 1.807) is 23.0 Å². The molecule has 5 heteroatoms. The second-order valence-corrected chi connectivity index (χ2v) is 4.20. The average Bonchev–Trinajstić information content (AvgIpc) is 2.87. The van der Waals surface area contributed by atoms with Crippen molar-refractivity contribution in [2.45, 2.75) is 6.42 Å². The number of nitrogens with zero attached hydrogens (tertiary/aromatic N) is 3. The molecule has 0 radical (unpaired) electrons. The van der Waals surface area contributed by atoms with Crippen molar-refractivity contribution >= 4 is 11.5 Å². The maximum atomic E-state index is 10.6. The van der Waals surface area contributed by atoms with E-state index in [0.717, 1.165) is 16.9 Å². The van der Waals surface area contributed by atoms with E-state index < -0.39 is 5.97 Å². The second-order valence-electron chi connectivity index (χ2n) is 4.20. The van der Waals surface area contributed by atoms with Crippen LogP contribution in [0.1, 0.15) is 5.56 Å². The zero-order valence-corrected chi connectivity index (χ0v) is 10.0. The van der Waals surface area contributed by atoms with E-state index in [1.165, 1.54) is 0 Å². The molecule has 5 nitrogen and oxygen atoms in total. The molecule has 0 saturated carbocycles. The Hall–Kier alpha value is -2.69. The van der Waals surface area contributed by atoms with Crippen LogP contribution in [0.15, 0.2) is 48.8 Å². The molecule has 3 heterocycles. The zero-order valence-electron chi connectivity index (χ0n) is 10.0. The molecule has 3 aromatic heterocycles. The van der Waals surface area contributed by atoms with Crippen molar-refractivity contribution < 1.29 is 9.90 Å². The lowest BCUT2D eigenvalue weighted by Crippen LogP contribution is -2.01. The second kappa shape index (κ2) is 4.53. The van der Waals surface area contributed by atoms with E-state index in [1.807, 2.05) is 30.3 Å². The highest BCUT2D eigenvalue weighted by Gasteiger charge is 2.06. The maximum Gasteiger partial charge on any atom is 0.307 e.